The van der Waals surface area contributed by atoms with Gasteiger partial charge in [0.15, 0.2) is 5.82 Å². The molecule has 15 heavy (non-hydrogen) atoms. The predicted octanol–water partition coefficient (Wildman–Crippen LogP) is 1.79. The van der Waals surface area contributed by atoms with Crippen molar-refractivity contribution in [3.63, 3.8) is 0 Å². The Morgan fingerprint density at radius 3 is 2.80 bits per heavy atom. The van der Waals surface area contributed by atoms with Crippen LogP contribution in [0.2, 0.25) is 0 Å². The van der Waals surface area contributed by atoms with Gasteiger partial charge >= 0.3 is 0 Å². The van der Waals surface area contributed by atoms with Crippen molar-refractivity contribution >= 4 is 17.7 Å². The molecule has 1 amide bonds. The van der Waals surface area contributed by atoms with Crippen molar-refractivity contribution in [1.82, 2.24) is 9.88 Å². The standard InChI is InChI=1S/C10H13FN2OS/c1-7(10(14)13(2)3)15-9-8(11)5-4-6-12-9/h4-7H,1-3H3/t7-/m1/s1. The van der Waals surface area contributed by atoms with Gasteiger partial charge in [-0.25, -0.2) is 9.37 Å². The third-order valence-electron chi connectivity index (χ3n) is 1.80. The Bertz CT molecular complexity index is 357. The molecule has 0 spiro atoms. The number of aromatic nitrogens is 1. The van der Waals surface area contributed by atoms with E-state index in [0.29, 0.717) is 0 Å². The van der Waals surface area contributed by atoms with Gasteiger partial charge in [0.25, 0.3) is 0 Å². The van der Waals surface area contributed by atoms with Crippen LogP contribution in [0, 0.1) is 5.82 Å². The second-order valence-corrected chi connectivity index (χ2v) is 4.61. The van der Waals surface area contributed by atoms with Crippen molar-refractivity contribution < 1.29 is 9.18 Å². The van der Waals surface area contributed by atoms with Crippen molar-refractivity contribution in [3.05, 3.63) is 24.1 Å². The van der Waals surface area contributed by atoms with E-state index in [-0.39, 0.29) is 22.0 Å². The van der Waals surface area contributed by atoms with Crippen LogP contribution in [0.5, 0.6) is 0 Å². The van der Waals surface area contributed by atoms with E-state index in [9.17, 15) is 9.18 Å². The first kappa shape index (κ1) is 12.0. The zero-order valence-corrected chi connectivity index (χ0v) is 9.71. The predicted molar refractivity (Wildman–Crippen MR) is 58.2 cm³/mol. The van der Waals surface area contributed by atoms with Gasteiger partial charge in [-0.1, -0.05) is 11.8 Å². The molecule has 0 aromatic carbocycles. The Balaban J connectivity index is 2.71. The Hall–Kier alpha value is -1.10. The van der Waals surface area contributed by atoms with Crippen LogP contribution in [0.4, 0.5) is 4.39 Å². The van der Waals surface area contributed by atoms with Crippen molar-refractivity contribution in [3.8, 4) is 0 Å². The minimum absolute atomic E-state index is 0.0509. The zero-order valence-electron chi connectivity index (χ0n) is 8.90. The average molecular weight is 228 g/mol. The molecule has 5 heteroatoms. The first-order valence-electron chi connectivity index (χ1n) is 4.50. The van der Waals surface area contributed by atoms with Crippen LogP contribution in [-0.4, -0.2) is 35.1 Å². The smallest absolute Gasteiger partial charge is 0.235 e. The van der Waals surface area contributed by atoms with Gasteiger partial charge in [0.2, 0.25) is 5.91 Å². The normalized spacial score (nSPS) is 12.3. The van der Waals surface area contributed by atoms with Crippen molar-refractivity contribution in [2.45, 2.75) is 17.2 Å². The van der Waals surface area contributed by atoms with E-state index in [2.05, 4.69) is 4.98 Å². The van der Waals surface area contributed by atoms with Gasteiger partial charge in [-0.05, 0) is 19.1 Å². The zero-order chi connectivity index (χ0) is 11.4. The maximum Gasteiger partial charge on any atom is 0.235 e. The highest BCUT2D eigenvalue weighted by atomic mass is 32.2. The Morgan fingerprint density at radius 1 is 1.60 bits per heavy atom. The number of halogens is 1. The van der Waals surface area contributed by atoms with Crippen molar-refractivity contribution in [2.24, 2.45) is 0 Å². The molecule has 0 fully saturated rings. The Kier molecular flexibility index (Phi) is 4.08. The molecule has 0 aliphatic heterocycles. The number of carbonyl (C=O) groups excluding carboxylic acids is 1. The second-order valence-electron chi connectivity index (χ2n) is 3.28. The summed E-state index contributed by atoms with van der Waals surface area (Å²) >= 11 is 1.13. The van der Waals surface area contributed by atoms with Crippen LogP contribution in [-0.2, 0) is 4.79 Å². The molecule has 0 N–H and O–H groups in total. The minimum atomic E-state index is -0.388. The van der Waals surface area contributed by atoms with Gasteiger partial charge in [-0.15, -0.1) is 0 Å². The molecule has 0 saturated carbocycles. The molecule has 1 aromatic rings. The highest BCUT2D eigenvalue weighted by Gasteiger charge is 2.18. The number of pyridine rings is 1. The number of nitrogens with zero attached hydrogens (tertiary/aromatic N) is 2. The number of carbonyl (C=O) groups is 1. The van der Waals surface area contributed by atoms with Gasteiger partial charge in [-0.3, -0.25) is 4.79 Å². The van der Waals surface area contributed by atoms with Crippen LogP contribution in [0.15, 0.2) is 23.4 Å². The molecule has 0 saturated heterocycles. The summed E-state index contributed by atoms with van der Waals surface area (Å²) < 4.78 is 13.2. The van der Waals surface area contributed by atoms with E-state index in [4.69, 9.17) is 0 Å². The van der Waals surface area contributed by atoms with Crippen LogP contribution >= 0.6 is 11.8 Å². The van der Waals surface area contributed by atoms with Crippen LogP contribution in [0.25, 0.3) is 0 Å². The quantitative estimate of drug-likeness (QED) is 0.739. The van der Waals surface area contributed by atoms with Gasteiger partial charge < -0.3 is 4.90 Å². The molecule has 1 heterocycles. The lowest BCUT2D eigenvalue weighted by Gasteiger charge is -2.15. The molecule has 0 aliphatic carbocycles. The van der Waals surface area contributed by atoms with Crippen LogP contribution in [0.3, 0.4) is 0 Å². The fourth-order valence-electron chi connectivity index (χ4n) is 1.04. The molecule has 1 aromatic heterocycles. The summed E-state index contributed by atoms with van der Waals surface area (Å²) in [4.78, 5) is 16.9. The van der Waals surface area contributed by atoms with Gasteiger partial charge in [0.05, 0.1) is 5.25 Å². The molecule has 1 atom stereocenters. The molecule has 1 rings (SSSR count). The first-order chi connectivity index (χ1) is 7.02. The highest BCUT2D eigenvalue weighted by molar-refractivity contribution is 8.00. The van der Waals surface area contributed by atoms with E-state index in [1.165, 1.54) is 23.2 Å². The van der Waals surface area contributed by atoms with E-state index < -0.39 is 0 Å². The van der Waals surface area contributed by atoms with E-state index in [1.54, 1.807) is 21.0 Å². The van der Waals surface area contributed by atoms with E-state index in [0.717, 1.165) is 11.8 Å². The third kappa shape index (κ3) is 3.20. The number of hydrogen-bond acceptors (Lipinski definition) is 3. The summed E-state index contributed by atoms with van der Waals surface area (Å²) in [6.07, 6.45) is 1.51. The summed E-state index contributed by atoms with van der Waals surface area (Å²) in [5.41, 5.74) is 0. The number of amides is 1. The molecular weight excluding hydrogens is 215 g/mol. The van der Waals surface area contributed by atoms with Gasteiger partial charge in [0.1, 0.15) is 5.03 Å². The summed E-state index contributed by atoms with van der Waals surface area (Å²) in [6.45, 7) is 1.74. The molecule has 3 nitrogen and oxygen atoms in total. The lowest BCUT2D eigenvalue weighted by Crippen LogP contribution is -2.29. The number of hydrogen-bond donors (Lipinski definition) is 0. The van der Waals surface area contributed by atoms with Crippen molar-refractivity contribution in [1.29, 1.82) is 0 Å². The second kappa shape index (κ2) is 5.11. The average Bonchev–Trinajstić information content (AvgIpc) is 2.20. The lowest BCUT2D eigenvalue weighted by atomic mass is 10.4. The minimum Gasteiger partial charge on any atom is -0.348 e. The molecule has 82 valence electrons. The first-order valence-corrected chi connectivity index (χ1v) is 5.38. The third-order valence-corrected chi connectivity index (χ3v) is 2.88. The molecule has 0 bridgehead atoms. The maximum absolute atomic E-state index is 13.2. The van der Waals surface area contributed by atoms with Crippen LogP contribution < -0.4 is 0 Å². The van der Waals surface area contributed by atoms with E-state index in [1.807, 2.05) is 0 Å². The molecule has 0 aliphatic rings. The van der Waals surface area contributed by atoms with Gasteiger partial charge in [0, 0.05) is 20.3 Å². The summed E-state index contributed by atoms with van der Waals surface area (Å²) in [5, 5.41) is -0.0652. The SMILES string of the molecule is C[C@@H](Sc1ncccc1F)C(=O)N(C)C. The Labute approximate surface area is 92.7 Å². The fraction of sp³-hybridized carbons (Fsp3) is 0.400. The lowest BCUT2D eigenvalue weighted by molar-refractivity contribution is -0.127. The summed E-state index contributed by atoms with van der Waals surface area (Å²) in [7, 11) is 3.35. The van der Waals surface area contributed by atoms with Crippen LogP contribution in [0.1, 0.15) is 6.92 Å². The topological polar surface area (TPSA) is 33.2 Å². The largest absolute Gasteiger partial charge is 0.348 e. The van der Waals surface area contributed by atoms with Crippen molar-refractivity contribution in [2.75, 3.05) is 14.1 Å². The number of rotatable bonds is 3. The maximum atomic E-state index is 13.2. The monoisotopic (exact) mass is 228 g/mol. The number of thioether (sulfide) groups is 1. The fourth-order valence-corrected chi connectivity index (χ4v) is 1.99. The molecule has 0 radical (unpaired) electrons. The van der Waals surface area contributed by atoms with Gasteiger partial charge in [-0.2, -0.15) is 0 Å². The van der Waals surface area contributed by atoms with E-state index >= 15 is 0 Å². The molecular formula is C10H13FN2OS. The summed E-state index contributed by atoms with van der Waals surface area (Å²) in [6, 6.07) is 2.86. The Morgan fingerprint density at radius 2 is 2.27 bits per heavy atom. The molecule has 0 unspecified atom stereocenters. The highest BCUT2D eigenvalue weighted by Crippen LogP contribution is 2.24. The summed E-state index contributed by atoms with van der Waals surface area (Å²) in [5.74, 6) is -0.439.